The Balaban J connectivity index is 0.000000387. The molecule has 0 saturated heterocycles. The number of aliphatic imine (C=N–C) groups is 1. The standard InChI is InChI=1S/C33H37N2P.2C5H5.Zr/c1-6-16-28(17-7-1)26-27-36(31-22-12-4-13-23-31,32-24-14-5-15-25-32)33(34-29-18-8-2-9-19-29)35-30-20-10-3-11-21-30;2*1-2-4-5-3-1;/h1,4-7,12-16,22-26,29-30H,2-3,8-11,18-21H2;2*1-5H;/q-2;;;+2. The van der Waals surface area contributed by atoms with E-state index in [4.69, 9.17) is 10.3 Å². The van der Waals surface area contributed by atoms with Gasteiger partial charge in [-0.05, 0) is 99.4 Å². The summed E-state index contributed by atoms with van der Waals surface area (Å²) in [7, 11) is 0. The van der Waals surface area contributed by atoms with E-state index in [9.17, 15) is 0 Å². The van der Waals surface area contributed by atoms with Crippen LogP contribution in [0.3, 0.4) is 0 Å². The molecule has 0 unspecified atom stereocenters. The van der Waals surface area contributed by atoms with Crippen LogP contribution in [0, 0.1) is 70.3 Å². The van der Waals surface area contributed by atoms with Gasteiger partial charge in [-0.25, -0.2) is 0 Å². The van der Waals surface area contributed by atoms with E-state index in [-0.39, 0.29) is 26.2 Å². The van der Waals surface area contributed by atoms with Crippen LogP contribution in [-0.2, 0) is 26.2 Å². The summed E-state index contributed by atoms with van der Waals surface area (Å²) in [5, 5.41) is 8.12. The Bertz CT molecular complexity index is 1290. The van der Waals surface area contributed by atoms with E-state index >= 15 is 0 Å². The van der Waals surface area contributed by atoms with Crippen LogP contribution in [0.5, 0.6) is 0 Å². The van der Waals surface area contributed by atoms with Gasteiger partial charge in [-0.2, -0.15) is 5.45 Å². The maximum atomic E-state index is 5.57. The number of nitrogens with zero attached hydrogens (tertiary/aromatic N) is 2. The predicted molar refractivity (Wildman–Crippen MR) is 201 cm³/mol. The molecule has 4 aliphatic carbocycles. The monoisotopic (exact) mass is 712 g/mol. The first kappa shape index (κ1) is 37.9. The van der Waals surface area contributed by atoms with Gasteiger partial charge in [0.25, 0.3) is 0 Å². The van der Waals surface area contributed by atoms with Crippen molar-refractivity contribution in [2.75, 3.05) is 0 Å². The van der Waals surface area contributed by atoms with Gasteiger partial charge in [0.1, 0.15) is 0 Å². The normalized spacial score (nSPS) is 18.8. The van der Waals surface area contributed by atoms with E-state index in [2.05, 4.69) is 90.4 Å². The maximum absolute atomic E-state index is 5.57. The molecule has 3 aromatic rings. The summed E-state index contributed by atoms with van der Waals surface area (Å²) in [6.07, 6.45) is 34.6. The first-order valence-electron chi connectivity index (χ1n) is 17.1. The first-order valence-corrected chi connectivity index (χ1v) is 18.8. The van der Waals surface area contributed by atoms with Gasteiger partial charge < -0.3 is 10.3 Å². The maximum Gasteiger partial charge on any atom is 2.00 e. The third-order valence-electron chi connectivity index (χ3n) is 8.59. The molecular weight excluding hydrogens is 667 g/mol. The molecule has 4 heteroatoms. The second-order valence-electron chi connectivity index (χ2n) is 12.0. The summed E-state index contributed by atoms with van der Waals surface area (Å²) in [6.45, 7) is -2.35. The third-order valence-corrected chi connectivity index (χ3v) is 12.1. The molecule has 7 rings (SSSR count). The van der Waals surface area contributed by atoms with Gasteiger partial charge in [-0.15, -0.1) is 35.9 Å². The Morgan fingerprint density at radius 2 is 1.09 bits per heavy atom. The van der Waals surface area contributed by atoms with Gasteiger partial charge in [0.2, 0.25) is 0 Å². The topological polar surface area (TPSA) is 26.5 Å². The zero-order valence-corrected chi connectivity index (χ0v) is 30.9. The largest absolute Gasteiger partial charge is 2.00 e. The molecule has 0 heterocycles. The average molecular weight is 714 g/mol. The summed E-state index contributed by atoms with van der Waals surface area (Å²) in [5.74, 6) is 0. The second kappa shape index (κ2) is 21.9. The molecule has 0 spiro atoms. The number of amidine groups is 1. The van der Waals surface area contributed by atoms with Crippen LogP contribution in [0.4, 0.5) is 0 Å². The fourth-order valence-corrected chi connectivity index (χ4v) is 9.57. The van der Waals surface area contributed by atoms with Crippen LogP contribution in [0.2, 0.25) is 0 Å². The zero-order valence-electron chi connectivity index (χ0n) is 27.5. The Morgan fingerprint density at radius 1 is 0.617 bits per heavy atom. The number of hydrogen-bond acceptors (Lipinski definition) is 1. The van der Waals surface area contributed by atoms with Gasteiger partial charge in [-0.3, -0.25) is 0 Å². The van der Waals surface area contributed by atoms with Crippen LogP contribution >= 0.6 is 6.89 Å². The smallest absolute Gasteiger partial charge is 0.461 e. The molecule has 0 aromatic heterocycles. The van der Waals surface area contributed by atoms with Crippen molar-refractivity contribution >= 4 is 34.6 Å². The molecule has 0 atom stereocenters. The number of rotatable bonds is 6. The van der Waals surface area contributed by atoms with Crippen molar-refractivity contribution < 1.29 is 26.2 Å². The minimum Gasteiger partial charge on any atom is -0.461 e. The van der Waals surface area contributed by atoms with Crippen LogP contribution in [0.1, 0.15) is 69.8 Å². The van der Waals surface area contributed by atoms with Gasteiger partial charge in [0.15, 0.2) is 0 Å². The van der Waals surface area contributed by atoms with Crippen molar-refractivity contribution in [3.8, 4) is 0 Å². The first-order chi connectivity index (χ1) is 22.8. The van der Waals surface area contributed by atoms with Gasteiger partial charge >= 0.3 is 26.2 Å². The van der Waals surface area contributed by atoms with E-state index in [0.29, 0.717) is 12.1 Å². The molecular formula is C43H47N2PZr. The molecule has 0 bridgehead atoms. The van der Waals surface area contributed by atoms with Crippen LogP contribution in [0.15, 0.2) is 89.9 Å². The van der Waals surface area contributed by atoms with Crippen LogP contribution in [0.25, 0.3) is 11.4 Å². The Kier molecular flexibility index (Phi) is 17.7. The molecule has 0 N–H and O–H groups in total. The van der Waals surface area contributed by atoms with E-state index in [0.717, 1.165) is 11.1 Å². The molecule has 10 radical (unpaired) electrons. The van der Waals surface area contributed by atoms with Gasteiger partial charge in [-0.1, -0.05) is 131 Å². The van der Waals surface area contributed by atoms with Crippen molar-refractivity contribution in [2.45, 2.75) is 76.3 Å². The minimum atomic E-state index is -2.35. The van der Waals surface area contributed by atoms with Crippen molar-refractivity contribution in [3.05, 3.63) is 166 Å². The van der Waals surface area contributed by atoms with Crippen LogP contribution < -0.4 is 10.6 Å². The number of benzene rings is 3. The Labute approximate surface area is 306 Å². The van der Waals surface area contributed by atoms with Gasteiger partial charge in [0, 0.05) is 0 Å². The fraction of sp³-hybridized carbons (Fsp3) is 0.279. The quantitative estimate of drug-likeness (QED) is 0.105. The molecule has 3 aromatic carbocycles. The summed E-state index contributed by atoms with van der Waals surface area (Å²) in [4.78, 5) is 5.57. The van der Waals surface area contributed by atoms with Crippen molar-refractivity contribution in [1.29, 1.82) is 0 Å². The van der Waals surface area contributed by atoms with E-state index in [1.165, 1.54) is 74.8 Å². The molecule has 4 aliphatic rings. The van der Waals surface area contributed by atoms with Crippen molar-refractivity contribution in [1.82, 2.24) is 0 Å². The molecule has 2 nitrogen and oxygen atoms in total. The summed E-state index contributed by atoms with van der Waals surface area (Å²) in [5.41, 5.74) is 6.08. The fourth-order valence-electron chi connectivity index (χ4n) is 6.15. The molecule has 238 valence electrons. The van der Waals surface area contributed by atoms with E-state index < -0.39 is 6.89 Å². The molecule has 0 aliphatic heterocycles. The minimum absolute atomic E-state index is 0. The molecule has 0 amide bonds. The second-order valence-corrected chi connectivity index (χ2v) is 15.0. The van der Waals surface area contributed by atoms with Gasteiger partial charge in [0.05, 0.1) is 0 Å². The average Bonchev–Trinajstić information content (AvgIpc) is 3.92. The Hall–Kier alpha value is -1.91. The molecule has 4 saturated carbocycles. The summed E-state index contributed by atoms with van der Waals surface area (Å²) >= 11 is 0. The summed E-state index contributed by atoms with van der Waals surface area (Å²) in [6, 6.07) is 34.2. The third kappa shape index (κ3) is 12.2. The predicted octanol–water partition coefficient (Wildman–Crippen LogP) is 10.0. The molecule has 47 heavy (non-hydrogen) atoms. The van der Waals surface area contributed by atoms with E-state index in [1.807, 2.05) is 76.3 Å². The summed E-state index contributed by atoms with van der Waals surface area (Å²) < 4.78 is 0. The number of hydrogen-bond donors (Lipinski definition) is 0. The SMILES string of the molecule is C(=Cc1[c-]cccc1)=P(C(=NC1CCCCC1)[N-]C1CCCCC1)(c1ccccc1)c1ccccc1.[CH]1[CH][CH][CH][CH]1.[CH]1[CH][CH][CH][CH]1.[Zr+2]. The molecule has 4 fully saturated rings. The zero-order chi connectivity index (χ0) is 31.5. The van der Waals surface area contributed by atoms with Crippen LogP contribution in [-0.4, -0.2) is 23.1 Å². The Morgan fingerprint density at radius 3 is 1.55 bits per heavy atom. The van der Waals surface area contributed by atoms with Crippen molar-refractivity contribution in [2.24, 2.45) is 4.99 Å². The van der Waals surface area contributed by atoms with Crippen molar-refractivity contribution in [3.63, 3.8) is 0 Å². The van der Waals surface area contributed by atoms with E-state index in [1.54, 1.807) is 0 Å².